The van der Waals surface area contributed by atoms with Crippen LogP contribution in [-0.2, 0) is 33.6 Å². The van der Waals surface area contributed by atoms with Crippen molar-refractivity contribution in [2.45, 2.75) is 62.8 Å². The number of fused-ring (bicyclic) bond motifs is 3. The molecule has 0 saturated heterocycles. The van der Waals surface area contributed by atoms with E-state index in [0.29, 0.717) is 23.4 Å². The van der Waals surface area contributed by atoms with Gasteiger partial charge in [-0.3, -0.25) is 9.59 Å². The zero-order valence-corrected chi connectivity index (χ0v) is 20.3. The van der Waals surface area contributed by atoms with Crippen molar-refractivity contribution in [1.29, 1.82) is 0 Å². The van der Waals surface area contributed by atoms with E-state index >= 15 is 0 Å². The van der Waals surface area contributed by atoms with Gasteiger partial charge in [-0.2, -0.15) is 0 Å². The lowest BCUT2D eigenvalue weighted by molar-refractivity contribution is -0.142. The lowest BCUT2D eigenvalue weighted by Gasteiger charge is -2.12. The molecule has 32 heavy (non-hydrogen) atoms. The van der Waals surface area contributed by atoms with Crippen LogP contribution in [0.15, 0.2) is 10.4 Å². The molecule has 7 nitrogen and oxygen atoms in total. The lowest BCUT2D eigenvalue weighted by atomic mass is 9.97. The minimum Gasteiger partial charge on any atom is -0.466 e. The first kappa shape index (κ1) is 21.8. The molecule has 3 aromatic heterocycles. The third kappa shape index (κ3) is 4.82. The normalized spacial score (nSPS) is 15.5. The molecule has 168 valence electrons. The highest BCUT2D eigenvalue weighted by Gasteiger charge is 2.29. The summed E-state index contributed by atoms with van der Waals surface area (Å²) in [4.78, 5) is 40.9. The highest BCUT2D eigenvalue weighted by molar-refractivity contribution is 8.00. The van der Waals surface area contributed by atoms with Crippen LogP contribution in [0.3, 0.4) is 0 Å². The Bertz CT molecular complexity index is 1170. The number of thiophene rings is 1. The van der Waals surface area contributed by atoms with Crippen LogP contribution in [-0.4, -0.2) is 39.2 Å². The fraction of sp³-hybridized carbons (Fsp3) is 0.500. The summed E-state index contributed by atoms with van der Waals surface area (Å²) in [6.07, 6.45) is 7.05. The first-order valence-electron chi connectivity index (χ1n) is 11.0. The van der Waals surface area contributed by atoms with Gasteiger partial charge in [0.2, 0.25) is 5.91 Å². The third-order valence-electron chi connectivity index (χ3n) is 5.51. The summed E-state index contributed by atoms with van der Waals surface area (Å²) in [6.45, 7) is 2.11. The number of hydrogen-bond donors (Lipinski definition) is 1. The van der Waals surface area contributed by atoms with Gasteiger partial charge in [-0.15, -0.1) is 22.7 Å². The number of hydrogen-bond acceptors (Lipinski definition) is 9. The van der Waals surface area contributed by atoms with E-state index in [1.54, 1.807) is 12.3 Å². The Balaban J connectivity index is 1.28. The van der Waals surface area contributed by atoms with Gasteiger partial charge < -0.3 is 10.1 Å². The topological polar surface area (TPSA) is 94.1 Å². The summed E-state index contributed by atoms with van der Waals surface area (Å²) in [5, 5.41) is 7.22. The van der Waals surface area contributed by atoms with Gasteiger partial charge in [-0.1, -0.05) is 11.8 Å². The number of ether oxygens (including phenoxy) is 1. The summed E-state index contributed by atoms with van der Waals surface area (Å²) in [6, 6.07) is 0. The van der Waals surface area contributed by atoms with Crippen molar-refractivity contribution in [3.05, 3.63) is 27.3 Å². The summed E-state index contributed by atoms with van der Waals surface area (Å²) in [5.41, 5.74) is 2.00. The quantitative estimate of drug-likeness (QED) is 0.278. The monoisotopic (exact) mass is 488 g/mol. The second-order valence-corrected chi connectivity index (χ2v) is 10.9. The van der Waals surface area contributed by atoms with Crippen LogP contribution in [0.1, 0.15) is 60.5 Å². The average Bonchev–Trinajstić information content (AvgIpc) is 3.43. The van der Waals surface area contributed by atoms with Gasteiger partial charge in [0.1, 0.15) is 15.7 Å². The number of esters is 1. The molecule has 0 radical (unpaired) electrons. The van der Waals surface area contributed by atoms with Crippen molar-refractivity contribution in [3.63, 3.8) is 0 Å². The summed E-state index contributed by atoms with van der Waals surface area (Å²) in [7, 11) is 0. The maximum Gasteiger partial charge on any atom is 0.311 e. The van der Waals surface area contributed by atoms with Crippen LogP contribution in [0, 0.1) is 0 Å². The highest BCUT2D eigenvalue weighted by Crippen LogP contribution is 2.44. The van der Waals surface area contributed by atoms with Gasteiger partial charge >= 0.3 is 5.97 Å². The van der Waals surface area contributed by atoms with Crippen molar-refractivity contribution in [2.24, 2.45) is 0 Å². The fourth-order valence-corrected chi connectivity index (χ4v) is 6.78. The molecule has 10 heteroatoms. The predicted molar refractivity (Wildman–Crippen MR) is 128 cm³/mol. The average molecular weight is 489 g/mol. The molecule has 1 saturated carbocycles. The van der Waals surface area contributed by atoms with E-state index in [1.807, 2.05) is 11.3 Å². The van der Waals surface area contributed by atoms with E-state index in [-0.39, 0.29) is 24.1 Å². The van der Waals surface area contributed by atoms with Crippen molar-refractivity contribution < 1.29 is 14.3 Å². The standard InChI is InChI=1S/C22H24N4O3S3/c1-2-29-17(28)9-13-10-31-22(23-13)24-16(27)11-30-20-18-14-5-3-4-6-15(14)32-21(18)26-19(25-20)12-7-8-12/h10,12H,2-9,11H2,1H3,(H,23,24,27). The molecule has 0 aliphatic heterocycles. The molecule has 0 aromatic carbocycles. The Morgan fingerprint density at radius 3 is 2.88 bits per heavy atom. The van der Waals surface area contributed by atoms with Gasteiger partial charge in [-0.25, -0.2) is 15.0 Å². The molecular formula is C22H24N4O3S3. The third-order valence-corrected chi connectivity index (χ3v) is 8.48. The minimum atomic E-state index is -0.315. The van der Waals surface area contributed by atoms with E-state index in [0.717, 1.165) is 46.8 Å². The SMILES string of the molecule is CCOC(=O)Cc1csc(NC(=O)CSc2nc(C3CC3)nc3sc4c(c23)CCCC4)n1. The molecule has 0 unspecified atom stereocenters. The summed E-state index contributed by atoms with van der Waals surface area (Å²) >= 11 is 4.61. The zero-order chi connectivity index (χ0) is 22.1. The number of thioether (sulfide) groups is 1. The first-order valence-corrected chi connectivity index (χ1v) is 13.6. The number of anilines is 1. The van der Waals surface area contributed by atoms with Crippen molar-refractivity contribution in [3.8, 4) is 0 Å². The number of amides is 1. The zero-order valence-electron chi connectivity index (χ0n) is 17.8. The Kier molecular flexibility index (Phi) is 6.43. The summed E-state index contributed by atoms with van der Waals surface area (Å²) in [5.74, 6) is 1.22. The van der Waals surface area contributed by atoms with Gasteiger partial charge in [0.05, 0.1) is 24.5 Å². The lowest BCUT2D eigenvalue weighted by Crippen LogP contribution is -2.14. The highest BCUT2D eigenvalue weighted by atomic mass is 32.2. The summed E-state index contributed by atoms with van der Waals surface area (Å²) < 4.78 is 4.95. The number of aromatic nitrogens is 3. The van der Waals surface area contributed by atoms with Crippen molar-refractivity contribution in [1.82, 2.24) is 15.0 Å². The Labute approximate surface area is 198 Å². The Morgan fingerprint density at radius 1 is 1.22 bits per heavy atom. The number of aryl methyl sites for hydroxylation is 2. The minimum absolute atomic E-state index is 0.112. The number of rotatable bonds is 8. The number of thiazole rings is 1. The van der Waals surface area contributed by atoms with E-state index in [2.05, 4.69) is 10.3 Å². The maximum absolute atomic E-state index is 12.6. The van der Waals surface area contributed by atoms with E-state index < -0.39 is 0 Å². The predicted octanol–water partition coefficient (Wildman–Crippen LogP) is 4.74. The first-order chi connectivity index (χ1) is 15.6. The van der Waals surface area contributed by atoms with Crippen molar-refractivity contribution >= 4 is 61.7 Å². The van der Waals surface area contributed by atoms with Crippen LogP contribution in [0.4, 0.5) is 5.13 Å². The second-order valence-electron chi connectivity index (χ2n) is 8.01. The molecular weight excluding hydrogens is 464 g/mol. The van der Waals surface area contributed by atoms with Gasteiger partial charge in [0, 0.05) is 21.6 Å². The molecule has 2 aliphatic carbocycles. The van der Waals surface area contributed by atoms with Crippen LogP contribution in [0.25, 0.3) is 10.2 Å². The molecule has 2 aliphatic rings. The maximum atomic E-state index is 12.6. The van der Waals surface area contributed by atoms with Crippen LogP contribution in [0.5, 0.6) is 0 Å². The number of nitrogens with zero attached hydrogens (tertiary/aromatic N) is 3. The van der Waals surface area contributed by atoms with Crippen molar-refractivity contribution in [2.75, 3.05) is 17.7 Å². The Morgan fingerprint density at radius 2 is 2.06 bits per heavy atom. The molecule has 0 spiro atoms. The number of carbonyl (C=O) groups is 2. The van der Waals surface area contributed by atoms with E-state index in [1.165, 1.54) is 46.4 Å². The van der Waals surface area contributed by atoms with Crippen LogP contribution in [0.2, 0.25) is 0 Å². The number of carbonyl (C=O) groups excluding carboxylic acids is 2. The smallest absolute Gasteiger partial charge is 0.311 e. The van der Waals surface area contributed by atoms with E-state index in [4.69, 9.17) is 14.7 Å². The molecule has 5 rings (SSSR count). The van der Waals surface area contributed by atoms with Gasteiger partial charge in [0.15, 0.2) is 5.13 Å². The number of nitrogens with one attached hydrogen (secondary N) is 1. The Hall–Kier alpha value is -2.04. The van der Waals surface area contributed by atoms with Gasteiger partial charge in [0.25, 0.3) is 0 Å². The second kappa shape index (κ2) is 9.44. The molecule has 1 N–H and O–H groups in total. The fourth-order valence-electron chi connectivity index (χ4n) is 3.86. The molecule has 3 aromatic rings. The molecule has 1 amide bonds. The van der Waals surface area contributed by atoms with Crippen LogP contribution < -0.4 is 5.32 Å². The van der Waals surface area contributed by atoms with Crippen LogP contribution >= 0.6 is 34.4 Å². The largest absolute Gasteiger partial charge is 0.466 e. The molecule has 3 heterocycles. The molecule has 0 bridgehead atoms. The van der Waals surface area contributed by atoms with E-state index in [9.17, 15) is 9.59 Å². The molecule has 1 fully saturated rings. The molecule has 0 atom stereocenters. The van der Waals surface area contributed by atoms with Gasteiger partial charge in [-0.05, 0) is 51.0 Å².